The molecule has 1 aromatic carbocycles. The van der Waals surface area contributed by atoms with Crippen molar-refractivity contribution in [1.82, 2.24) is 24.6 Å². The minimum atomic E-state index is -4.15. The summed E-state index contributed by atoms with van der Waals surface area (Å²) in [5.41, 5.74) is 6.82. The number of nitrogen functional groups attached to an aromatic ring is 1. The van der Waals surface area contributed by atoms with Crippen molar-refractivity contribution in [3.63, 3.8) is 0 Å². The fraction of sp³-hybridized carbons (Fsp3) is 0.391. The molecule has 2 unspecified atom stereocenters. The second-order valence-corrected chi connectivity index (χ2v) is 10.2. The zero-order valence-electron chi connectivity index (χ0n) is 21.2. The van der Waals surface area contributed by atoms with Crippen molar-refractivity contribution in [2.45, 2.75) is 25.4 Å². The number of imidazole rings is 1. The minimum absolute atomic E-state index is 0.0161. The fourth-order valence-electron chi connectivity index (χ4n) is 3.92. The Hall–Kier alpha value is -3.87. The number of benzene rings is 1. The molecular formula is C23H29N6O8P. The molecule has 0 fully saturated rings. The van der Waals surface area contributed by atoms with Gasteiger partial charge in [-0.2, -0.15) is 15.1 Å². The summed E-state index contributed by atoms with van der Waals surface area (Å²) < 4.78 is 42.6. The van der Waals surface area contributed by atoms with Gasteiger partial charge in [0.1, 0.15) is 23.3 Å². The van der Waals surface area contributed by atoms with Gasteiger partial charge in [-0.1, -0.05) is 12.2 Å². The third-order valence-electron chi connectivity index (χ3n) is 5.84. The smallest absolute Gasteiger partial charge is 0.459 e. The summed E-state index contributed by atoms with van der Waals surface area (Å²) in [4.78, 5) is 24.1. The molecule has 0 radical (unpaired) electrons. The molecule has 38 heavy (non-hydrogen) atoms. The molecule has 4 N–H and O–H groups in total. The molecule has 4 atom stereocenters. The lowest BCUT2D eigenvalue weighted by atomic mass is 10.1. The Morgan fingerprint density at radius 3 is 2.47 bits per heavy atom. The predicted molar refractivity (Wildman–Crippen MR) is 137 cm³/mol. The third-order valence-corrected chi connectivity index (χ3v) is 7.48. The maximum atomic E-state index is 13.7. The second kappa shape index (κ2) is 11.3. The van der Waals surface area contributed by atoms with Gasteiger partial charge in [0.15, 0.2) is 11.2 Å². The monoisotopic (exact) mass is 548 g/mol. The molecule has 14 nitrogen and oxygen atoms in total. The molecule has 2 aromatic heterocycles. The number of hydrogen-bond acceptors (Lipinski definition) is 11. The highest BCUT2D eigenvalue weighted by Crippen LogP contribution is 2.47. The number of aromatic nitrogens is 4. The average Bonchev–Trinajstić information content (AvgIpc) is 3.53. The summed E-state index contributed by atoms with van der Waals surface area (Å²) in [5, 5.41) is 11.8. The van der Waals surface area contributed by atoms with Gasteiger partial charge in [0.05, 0.1) is 40.3 Å². The maximum Gasteiger partial charge on any atom is 0.459 e. The SMILES string of the molecule is COc1cc(OC)cc(OP(=O)(NC(C)C(=O)O)OC[C@@H]2C=C[C@H](n3cnc4c(OC)nc(N)nc43)C2)c1. The summed E-state index contributed by atoms with van der Waals surface area (Å²) in [6, 6.07) is 3.24. The first-order valence-corrected chi connectivity index (χ1v) is 13.1. The summed E-state index contributed by atoms with van der Waals surface area (Å²) in [7, 11) is 0.248. The fourth-order valence-corrected chi connectivity index (χ4v) is 5.46. The maximum absolute atomic E-state index is 13.7. The number of nitrogens with zero attached hydrogens (tertiary/aromatic N) is 4. The lowest BCUT2D eigenvalue weighted by molar-refractivity contribution is -0.138. The van der Waals surface area contributed by atoms with E-state index in [-0.39, 0.29) is 36.1 Å². The van der Waals surface area contributed by atoms with Gasteiger partial charge < -0.3 is 34.1 Å². The number of allylic oxidation sites excluding steroid dienone is 1. The molecule has 0 aliphatic heterocycles. The quantitative estimate of drug-likeness (QED) is 0.222. The highest BCUT2D eigenvalue weighted by atomic mass is 31.2. The third kappa shape index (κ3) is 5.98. The lowest BCUT2D eigenvalue weighted by Crippen LogP contribution is -2.33. The minimum Gasteiger partial charge on any atom is -0.496 e. The first kappa shape index (κ1) is 27.2. The van der Waals surface area contributed by atoms with Crippen LogP contribution in [0.5, 0.6) is 23.1 Å². The number of nitrogens with two attached hydrogens (primary N) is 1. The zero-order valence-corrected chi connectivity index (χ0v) is 22.1. The van der Waals surface area contributed by atoms with Crippen molar-refractivity contribution in [2.24, 2.45) is 5.92 Å². The van der Waals surface area contributed by atoms with Crippen LogP contribution < -0.4 is 29.6 Å². The van der Waals surface area contributed by atoms with Crippen LogP contribution in [0.3, 0.4) is 0 Å². The molecule has 204 valence electrons. The van der Waals surface area contributed by atoms with E-state index in [4.69, 9.17) is 29.0 Å². The molecule has 15 heteroatoms. The van der Waals surface area contributed by atoms with Gasteiger partial charge in [0, 0.05) is 24.1 Å². The molecular weight excluding hydrogens is 519 g/mol. The molecule has 0 amide bonds. The van der Waals surface area contributed by atoms with Crippen molar-refractivity contribution in [3.05, 3.63) is 36.7 Å². The molecule has 2 heterocycles. The molecule has 1 aliphatic rings. The van der Waals surface area contributed by atoms with Crippen LogP contribution in [0.25, 0.3) is 11.2 Å². The number of fused-ring (bicyclic) bond motifs is 1. The molecule has 0 bridgehead atoms. The Labute approximate surface area is 218 Å². The van der Waals surface area contributed by atoms with Crippen LogP contribution in [0.2, 0.25) is 0 Å². The highest BCUT2D eigenvalue weighted by Gasteiger charge is 2.34. The number of ether oxygens (including phenoxy) is 3. The molecule has 4 rings (SSSR count). The number of hydrogen-bond donors (Lipinski definition) is 3. The van der Waals surface area contributed by atoms with Crippen LogP contribution in [0.15, 0.2) is 36.7 Å². The van der Waals surface area contributed by atoms with Gasteiger partial charge in [-0.25, -0.2) is 9.55 Å². The number of rotatable bonds is 12. The summed E-state index contributed by atoms with van der Waals surface area (Å²) in [6.07, 6.45) is 6.06. The van der Waals surface area contributed by atoms with E-state index in [1.807, 2.05) is 16.7 Å². The van der Waals surface area contributed by atoms with Gasteiger partial charge in [0.25, 0.3) is 0 Å². The van der Waals surface area contributed by atoms with Crippen molar-refractivity contribution in [2.75, 3.05) is 33.7 Å². The van der Waals surface area contributed by atoms with Crippen molar-refractivity contribution in [3.8, 4) is 23.1 Å². The van der Waals surface area contributed by atoms with Gasteiger partial charge in [-0.15, -0.1) is 0 Å². The van der Waals surface area contributed by atoms with Crippen LogP contribution in [0.1, 0.15) is 19.4 Å². The standard InChI is InChI=1S/C23H29N6O8P/c1-13(22(30)31)28-38(32,37-18-9-16(33-2)8-17(10-18)34-3)36-11-14-5-6-15(7-14)29-12-25-19-20(29)26-23(24)27-21(19)35-4/h5-6,8-10,12-15H,7,11H2,1-4H3,(H,28,32)(H,30,31)(H2,24,26,27)/t13?,14-,15+,38?/m1/s1. The van der Waals surface area contributed by atoms with Crippen LogP contribution in [0.4, 0.5) is 5.95 Å². The largest absolute Gasteiger partial charge is 0.496 e. The first-order chi connectivity index (χ1) is 18.1. The van der Waals surface area contributed by atoms with Crippen molar-refractivity contribution >= 4 is 30.8 Å². The summed E-state index contributed by atoms with van der Waals surface area (Å²) in [6.45, 7) is 1.32. The predicted octanol–water partition coefficient (Wildman–Crippen LogP) is 2.82. The number of nitrogens with one attached hydrogen (secondary N) is 1. The van der Waals surface area contributed by atoms with E-state index in [0.29, 0.717) is 29.1 Å². The number of carbonyl (C=O) groups is 1. The Bertz CT molecular complexity index is 1370. The second-order valence-electron chi connectivity index (χ2n) is 8.49. The van der Waals surface area contributed by atoms with Crippen LogP contribution in [-0.2, 0) is 13.9 Å². The van der Waals surface area contributed by atoms with Gasteiger partial charge in [-0.05, 0) is 13.3 Å². The number of carboxylic acid groups (broad SMARTS) is 1. The van der Waals surface area contributed by atoms with Crippen molar-refractivity contribution in [1.29, 1.82) is 0 Å². The van der Waals surface area contributed by atoms with Crippen LogP contribution in [-0.4, -0.2) is 64.6 Å². The Morgan fingerprint density at radius 1 is 1.16 bits per heavy atom. The van der Waals surface area contributed by atoms with E-state index in [2.05, 4.69) is 20.0 Å². The number of methoxy groups -OCH3 is 3. The highest BCUT2D eigenvalue weighted by molar-refractivity contribution is 7.52. The topological polar surface area (TPSA) is 182 Å². The summed E-state index contributed by atoms with van der Waals surface area (Å²) >= 11 is 0. The zero-order chi connectivity index (χ0) is 27.4. The van der Waals surface area contributed by atoms with Crippen LogP contribution >= 0.6 is 7.75 Å². The molecule has 0 saturated heterocycles. The Morgan fingerprint density at radius 2 is 1.84 bits per heavy atom. The molecule has 0 spiro atoms. The number of carboxylic acids is 1. The van der Waals surface area contributed by atoms with E-state index in [1.54, 1.807) is 12.4 Å². The van der Waals surface area contributed by atoms with E-state index in [9.17, 15) is 14.5 Å². The number of aliphatic carboxylic acids is 1. The summed E-state index contributed by atoms with van der Waals surface area (Å²) in [5.74, 6) is -0.143. The van der Waals surface area contributed by atoms with E-state index < -0.39 is 19.8 Å². The van der Waals surface area contributed by atoms with Crippen LogP contribution in [0, 0.1) is 5.92 Å². The molecule has 0 saturated carbocycles. The van der Waals surface area contributed by atoms with Crippen molar-refractivity contribution < 1.29 is 37.7 Å². The van der Waals surface area contributed by atoms with Gasteiger partial charge >= 0.3 is 13.7 Å². The van der Waals surface area contributed by atoms with Gasteiger partial charge in [-0.3, -0.25) is 9.32 Å². The van der Waals surface area contributed by atoms with Gasteiger partial charge in [0.2, 0.25) is 11.8 Å². The normalized spacial score (nSPS) is 19.2. The lowest BCUT2D eigenvalue weighted by Gasteiger charge is -2.23. The molecule has 3 aromatic rings. The average molecular weight is 548 g/mol. The molecule has 1 aliphatic carbocycles. The Balaban J connectivity index is 1.50. The Kier molecular flexibility index (Phi) is 8.05. The van der Waals surface area contributed by atoms with E-state index in [1.165, 1.54) is 40.4 Å². The number of anilines is 1. The first-order valence-electron chi connectivity index (χ1n) is 11.5. The van der Waals surface area contributed by atoms with E-state index >= 15 is 0 Å². The van der Waals surface area contributed by atoms with E-state index in [0.717, 1.165) is 0 Å².